The van der Waals surface area contributed by atoms with Crippen molar-refractivity contribution < 1.29 is 14.3 Å². The van der Waals surface area contributed by atoms with Crippen LogP contribution >= 0.6 is 15.9 Å². The van der Waals surface area contributed by atoms with Gasteiger partial charge in [0.1, 0.15) is 11.6 Å². The van der Waals surface area contributed by atoms with Gasteiger partial charge in [0.25, 0.3) is 5.91 Å². The summed E-state index contributed by atoms with van der Waals surface area (Å²) in [5.41, 5.74) is 1.65. The van der Waals surface area contributed by atoms with Gasteiger partial charge >= 0.3 is 0 Å². The molecule has 1 N–H and O–H groups in total. The van der Waals surface area contributed by atoms with Gasteiger partial charge in [-0.2, -0.15) is 5.26 Å². The molecule has 28 heavy (non-hydrogen) atoms. The molecule has 0 aliphatic heterocycles. The summed E-state index contributed by atoms with van der Waals surface area (Å²) >= 11 is 3.47. The standard InChI is InChI=1S/C22H23BrN2O3/c1-4-27-20-13-16(12-19(23)21(20)28-5-2)11-18(14-24)22(26)25-15(3)17-9-7-6-8-10-17/h6-13,15H,4-5H2,1-3H3,(H,25,26)/b18-11-/t15-/m1/s1. The fourth-order valence-electron chi connectivity index (χ4n) is 2.63. The number of hydrogen-bond donors (Lipinski definition) is 1. The molecule has 146 valence electrons. The second kappa shape index (κ2) is 10.5. The van der Waals surface area contributed by atoms with Gasteiger partial charge in [-0.3, -0.25) is 4.79 Å². The Balaban J connectivity index is 2.28. The first-order valence-electron chi connectivity index (χ1n) is 9.06. The van der Waals surface area contributed by atoms with E-state index in [9.17, 15) is 10.1 Å². The Morgan fingerprint density at radius 2 is 1.89 bits per heavy atom. The second-order valence-corrected chi connectivity index (χ2v) is 6.83. The average molecular weight is 443 g/mol. The van der Waals surface area contributed by atoms with Crippen LogP contribution in [0.3, 0.4) is 0 Å². The SMILES string of the molecule is CCOc1cc(/C=C(/C#N)C(=O)N[C@H](C)c2ccccc2)cc(Br)c1OCC. The molecule has 0 aliphatic carbocycles. The van der Waals surface area contributed by atoms with Gasteiger partial charge in [-0.25, -0.2) is 0 Å². The number of rotatable bonds is 8. The van der Waals surface area contributed by atoms with Gasteiger partial charge in [-0.15, -0.1) is 0 Å². The molecular weight excluding hydrogens is 420 g/mol. The summed E-state index contributed by atoms with van der Waals surface area (Å²) in [6.07, 6.45) is 1.54. The molecule has 0 aromatic heterocycles. The summed E-state index contributed by atoms with van der Waals surface area (Å²) < 4.78 is 12.0. The van der Waals surface area contributed by atoms with Crippen molar-refractivity contribution in [3.05, 3.63) is 63.6 Å². The van der Waals surface area contributed by atoms with Gasteiger partial charge in [-0.05, 0) is 66.0 Å². The Morgan fingerprint density at radius 1 is 1.21 bits per heavy atom. The molecule has 0 radical (unpaired) electrons. The van der Waals surface area contributed by atoms with E-state index in [-0.39, 0.29) is 11.6 Å². The lowest BCUT2D eigenvalue weighted by Crippen LogP contribution is -2.27. The van der Waals surface area contributed by atoms with Crippen LogP contribution in [0.2, 0.25) is 0 Å². The number of nitrogens with zero attached hydrogens (tertiary/aromatic N) is 1. The maximum absolute atomic E-state index is 12.6. The first-order valence-corrected chi connectivity index (χ1v) is 9.86. The van der Waals surface area contributed by atoms with E-state index in [1.54, 1.807) is 12.1 Å². The first-order chi connectivity index (χ1) is 13.5. The van der Waals surface area contributed by atoms with E-state index in [4.69, 9.17) is 9.47 Å². The molecule has 0 fully saturated rings. The largest absolute Gasteiger partial charge is 0.490 e. The molecule has 5 nitrogen and oxygen atoms in total. The molecule has 0 saturated heterocycles. The highest BCUT2D eigenvalue weighted by Crippen LogP contribution is 2.37. The molecule has 0 aliphatic rings. The molecular formula is C22H23BrN2O3. The van der Waals surface area contributed by atoms with E-state index >= 15 is 0 Å². The van der Waals surface area contributed by atoms with Gasteiger partial charge in [0.15, 0.2) is 11.5 Å². The van der Waals surface area contributed by atoms with Gasteiger partial charge in [-0.1, -0.05) is 30.3 Å². The number of amides is 1. The molecule has 1 amide bonds. The van der Waals surface area contributed by atoms with Gasteiger partial charge in [0.2, 0.25) is 0 Å². The maximum Gasteiger partial charge on any atom is 0.262 e. The van der Waals surface area contributed by atoms with E-state index < -0.39 is 5.91 Å². The summed E-state index contributed by atoms with van der Waals surface area (Å²) in [5, 5.41) is 12.3. The van der Waals surface area contributed by atoms with Crippen molar-refractivity contribution in [3.8, 4) is 17.6 Å². The predicted molar refractivity (Wildman–Crippen MR) is 113 cm³/mol. The van der Waals surface area contributed by atoms with Crippen LogP contribution in [0.5, 0.6) is 11.5 Å². The van der Waals surface area contributed by atoms with Crippen molar-refractivity contribution in [2.45, 2.75) is 26.8 Å². The normalized spacial score (nSPS) is 12.0. The number of halogens is 1. The van der Waals surface area contributed by atoms with Crippen LogP contribution in [0.15, 0.2) is 52.5 Å². The Bertz CT molecular complexity index is 889. The third-order valence-electron chi connectivity index (χ3n) is 3.94. The predicted octanol–water partition coefficient (Wildman–Crippen LogP) is 5.03. The highest BCUT2D eigenvalue weighted by molar-refractivity contribution is 9.10. The van der Waals surface area contributed by atoms with E-state index in [1.165, 1.54) is 6.08 Å². The number of carbonyl (C=O) groups is 1. The monoisotopic (exact) mass is 442 g/mol. The van der Waals surface area contributed by atoms with Crippen LogP contribution in [-0.2, 0) is 4.79 Å². The van der Waals surface area contributed by atoms with Crippen molar-refractivity contribution >= 4 is 27.9 Å². The lowest BCUT2D eigenvalue weighted by molar-refractivity contribution is -0.117. The highest BCUT2D eigenvalue weighted by Gasteiger charge is 2.16. The van der Waals surface area contributed by atoms with Crippen LogP contribution in [0, 0.1) is 11.3 Å². The summed E-state index contributed by atoms with van der Waals surface area (Å²) in [4.78, 5) is 12.6. The van der Waals surface area contributed by atoms with Crippen LogP contribution in [0.4, 0.5) is 0 Å². The molecule has 1 atom stereocenters. The molecule has 0 spiro atoms. The van der Waals surface area contributed by atoms with Crippen LogP contribution < -0.4 is 14.8 Å². The highest BCUT2D eigenvalue weighted by atomic mass is 79.9. The minimum absolute atomic E-state index is 0.0151. The first kappa shape index (κ1) is 21.5. The van der Waals surface area contributed by atoms with Crippen molar-refractivity contribution in [1.29, 1.82) is 5.26 Å². The topological polar surface area (TPSA) is 71.3 Å². The van der Waals surface area contributed by atoms with E-state index in [0.29, 0.717) is 34.7 Å². The molecule has 2 aromatic rings. The lowest BCUT2D eigenvalue weighted by atomic mass is 10.1. The van der Waals surface area contributed by atoms with Crippen LogP contribution in [-0.4, -0.2) is 19.1 Å². The molecule has 2 aromatic carbocycles. The smallest absolute Gasteiger partial charge is 0.262 e. The van der Waals surface area contributed by atoms with Crippen LogP contribution in [0.25, 0.3) is 6.08 Å². The van der Waals surface area contributed by atoms with Crippen LogP contribution in [0.1, 0.15) is 37.9 Å². The summed E-state index contributed by atoms with van der Waals surface area (Å²) in [5.74, 6) is 0.726. The third-order valence-corrected chi connectivity index (χ3v) is 4.53. The number of nitriles is 1. The number of carbonyl (C=O) groups excluding carboxylic acids is 1. The Hall–Kier alpha value is -2.78. The molecule has 6 heteroatoms. The number of nitrogens with one attached hydrogen (secondary N) is 1. The molecule has 2 rings (SSSR count). The zero-order valence-corrected chi connectivity index (χ0v) is 17.7. The second-order valence-electron chi connectivity index (χ2n) is 5.97. The van der Waals surface area contributed by atoms with E-state index in [2.05, 4.69) is 21.2 Å². The molecule has 0 bridgehead atoms. The van der Waals surface area contributed by atoms with Gasteiger partial charge < -0.3 is 14.8 Å². The number of hydrogen-bond acceptors (Lipinski definition) is 4. The third kappa shape index (κ3) is 5.61. The zero-order valence-electron chi connectivity index (χ0n) is 16.2. The minimum Gasteiger partial charge on any atom is -0.490 e. The fraction of sp³-hybridized carbons (Fsp3) is 0.273. The average Bonchev–Trinajstić information content (AvgIpc) is 2.69. The van der Waals surface area contributed by atoms with Crippen molar-refractivity contribution in [3.63, 3.8) is 0 Å². The van der Waals surface area contributed by atoms with Crippen molar-refractivity contribution in [1.82, 2.24) is 5.32 Å². The molecule has 0 saturated carbocycles. The van der Waals surface area contributed by atoms with Crippen molar-refractivity contribution in [2.75, 3.05) is 13.2 Å². The summed E-state index contributed by atoms with van der Waals surface area (Å²) in [6.45, 7) is 6.62. The number of ether oxygens (including phenoxy) is 2. The van der Waals surface area contributed by atoms with Crippen molar-refractivity contribution in [2.24, 2.45) is 0 Å². The quantitative estimate of drug-likeness (QED) is 0.459. The maximum atomic E-state index is 12.6. The Morgan fingerprint density at radius 3 is 2.50 bits per heavy atom. The summed E-state index contributed by atoms with van der Waals surface area (Å²) in [6, 6.07) is 14.9. The summed E-state index contributed by atoms with van der Waals surface area (Å²) in [7, 11) is 0. The Kier molecular flexibility index (Phi) is 8.09. The molecule has 0 unspecified atom stereocenters. The van der Waals surface area contributed by atoms with E-state index in [1.807, 2.05) is 57.2 Å². The van der Waals surface area contributed by atoms with E-state index in [0.717, 1.165) is 5.56 Å². The number of benzene rings is 2. The fourth-order valence-corrected chi connectivity index (χ4v) is 3.21. The lowest BCUT2D eigenvalue weighted by Gasteiger charge is -2.15. The zero-order chi connectivity index (χ0) is 20.5. The Labute approximate surface area is 174 Å². The van der Waals surface area contributed by atoms with Gasteiger partial charge in [0, 0.05) is 0 Å². The minimum atomic E-state index is -0.429. The molecule has 0 heterocycles. The van der Waals surface area contributed by atoms with Gasteiger partial charge in [0.05, 0.1) is 23.7 Å².